The highest BCUT2D eigenvalue weighted by Crippen LogP contribution is 2.32. The van der Waals surface area contributed by atoms with E-state index in [-0.39, 0.29) is 12.4 Å². The minimum absolute atomic E-state index is 0.261. The van der Waals surface area contributed by atoms with Gasteiger partial charge in [-0.25, -0.2) is 4.39 Å². The molecule has 0 radical (unpaired) electrons. The highest BCUT2D eigenvalue weighted by atomic mass is 79.9. The molecule has 8 heteroatoms. The first-order valence-corrected chi connectivity index (χ1v) is 9.04. The number of nitrogens with one attached hydrogen (secondary N) is 2. The number of hydrogen-bond donors (Lipinski definition) is 2. The summed E-state index contributed by atoms with van der Waals surface area (Å²) in [4.78, 5) is 23.4. The maximum absolute atomic E-state index is 12.8. The Labute approximate surface area is 166 Å². The third kappa shape index (κ3) is 6.27. The summed E-state index contributed by atoms with van der Waals surface area (Å²) >= 11 is 6.73. The van der Waals surface area contributed by atoms with Gasteiger partial charge < -0.3 is 4.74 Å². The SMILES string of the molecule is Cc1cc(Br)cc(Br)c1OCC(=O)NNC(=O)/C=C/c1ccc(F)cc1. The summed E-state index contributed by atoms with van der Waals surface area (Å²) < 4.78 is 19.9. The number of carbonyl (C=O) groups excluding carboxylic acids is 2. The van der Waals surface area contributed by atoms with Crippen LogP contribution in [-0.2, 0) is 9.59 Å². The van der Waals surface area contributed by atoms with Crippen molar-refractivity contribution in [1.29, 1.82) is 0 Å². The molecule has 26 heavy (non-hydrogen) atoms. The van der Waals surface area contributed by atoms with E-state index in [9.17, 15) is 14.0 Å². The molecule has 0 saturated carbocycles. The number of rotatable bonds is 5. The molecule has 0 spiro atoms. The molecule has 0 aliphatic rings. The van der Waals surface area contributed by atoms with Gasteiger partial charge in [0.25, 0.3) is 11.8 Å². The molecule has 0 saturated heterocycles. The molecule has 0 atom stereocenters. The van der Waals surface area contributed by atoms with E-state index in [1.54, 1.807) is 0 Å². The van der Waals surface area contributed by atoms with Gasteiger partial charge in [-0.1, -0.05) is 28.1 Å². The zero-order chi connectivity index (χ0) is 19.1. The maximum Gasteiger partial charge on any atom is 0.276 e. The first kappa shape index (κ1) is 20.1. The van der Waals surface area contributed by atoms with E-state index in [0.717, 1.165) is 10.0 Å². The number of aryl methyl sites for hydroxylation is 1. The Hall–Kier alpha value is -2.19. The fourth-order valence-corrected chi connectivity index (χ4v) is 3.52. The van der Waals surface area contributed by atoms with Crippen LogP contribution in [-0.4, -0.2) is 18.4 Å². The fraction of sp³-hybridized carbons (Fsp3) is 0.111. The summed E-state index contributed by atoms with van der Waals surface area (Å²) in [6.07, 6.45) is 2.73. The molecule has 0 aliphatic carbocycles. The summed E-state index contributed by atoms with van der Waals surface area (Å²) in [7, 11) is 0. The van der Waals surface area contributed by atoms with Crippen LogP contribution in [0.1, 0.15) is 11.1 Å². The molecule has 2 aromatic rings. The lowest BCUT2D eigenvalue weighted by Gasteiger charge is -2.12. The summed E-state index contributed by atoms with van der Waals surface area (Å²) in [5, 5.41) is 0. The molecule has 2 aromatic carbocycles. The lowest BCUT2D eigenvalue weighted by atomic mass is 10.2. The number of carbonyl (C=O) groups is 2. The summed E-state index contributed by atoms with van der Waals surface area (Å²) in [5.74, 6) is -0.844. The third-order valence-electron chi connectivity index (χ3n) is 3.16. The van der Waals surface area contributed by atoms with E-state index < -0.39 is 11.8 Å². The molecule has 0 heterocycles. The van der Waals surface area contributed by atoms with Crippen molar-refractivity contribution in [2.45, 2.75) is 6.92 Å². The van der Waals surface area contributed by atoms with E-state index in [2.05, 4.69) is 42.7 Å². The van der Waals surface area contributed by atoms with Crippen molar-refractivity contribution in [2.24, 2.45) is 0 Å². The first-order chi connectivity index (χ1) is 12.3. The van der Waals surface area contributed by atoms with Crippen molar-refractivity contribution in [2.75, 3.05) is 6.61 Å². The summed E-state index contributed by atoms with van der Waals surface area (Å²) in [6, 6.07) is 9.31. The molecule has 5 nitrogen and oxygen atoms in total. The van der Waals surface area contributed by atoms with Crippen LogP contribution < -0.4 is 15.6 Å². The fourth-order valence-electron chi connectivity index (χ4n) is 1.96. The van der Waals surface area contributed by atoms with Gasteiger partial charge in [-0.3, -0.25) is 20.4 Å². The standard InChI is InChI=1S/C18H15Br2FN2O3/c1-11-8-13(19)9-15(20)18(11)26-10-17(25)23-22-16(24)7-4-12-2-5-14(21)6-3-12/h2-9H,10H2,1H3,(H,22,24)(H,23,25)/b7-4+. The van der Waals surface area contributed by atoms with Gasteiger partial charge in [0.2, 0.25) is 0 Å². The Balaban J connectivity index is 1.79. The molecule has 2 amide bonds. The summed E-state index contributed by atoms with van der Waals surface area (Å²) in [6.45, 7) is 1.59. The topological polar surface area (TPSA) is 67.4 Å². The molecule has 2 N–H and O–H groups in total. The van der Waals surface area contributed by atoms with Crippen molar-refractivity contribution in [3.05, 3.63) is 68.4 Å². The van der Waals surface area contributed by atoms with Crippen LogP contribution in [0.2, 0.25) is 0 Å². The molecule has 2 rings (SSSR count). The van der Waals surface area contributed by atoms with Gasteiger partial charge in [0, 0.05) is 10.5 Å². The maximum atomic E-state index is 12.8. The molecule has 0 unspecified atom stereocenters. The van der Waals surface area contributed by atoms with Crippen LogP contribution in [0.15, 0.2) is 51.4 Å². The average Bonchev–Trinajstić information content (AvgIpc) is 2.58. The Kier molecular flexibility index (Phi) is 7.35. The predicted octanol–water partition coefficient (Wildman–Crippen LogP) is 3.90. The molecule has 0 aliphatic heterocycles. The van der Waals surface area contributed by atoms with Gasteiger partial charge >= 0.3 is 0 Å². The van der Waals surface area contributed by atoms with Crippen LogP contribution in [0.5, 0.6) is 5.75 Å². The second-order valence-corrected chi connectivity index (χ2v) is 7.01. The van der Waals surface area contributed by atoms with Crippen LogP contribution in [0, 0.1) is 12.7 Å². The molecule has 136 valence electrons. The zero-order valence-electron chi connectivity index (χ0n) is 13.7. The van der Waals surface area contributed by atoms with E-state index in [1.807, 2.05) is 19.1 Å². The lowest BCUT2D eigenvalue weighted by Crippen LogP contribution is -2.43. The van der Waals surface area contributed by atoms with E-state index >= 15 is 0 Å². The van der Waals surface area contributed by atoms with Crippen LogP contribution >= 0.6 is 31.9 Å². The highest BCUT2D eigenvalue weighted by molar-refractivity contribution is 9.11. The van der Waals surface area contributed by atoms with Gasteiger partial charge in [-0.2, -0.15) is 0 Å². The Morgan fingerprint density at radius 3 is 2.50 bits per heavy atom. The normalized spacial score (nSPS) is 10.6. The van der Waals surface area contributed by atoms with E-state index in [1.165, 1.54) is 36.4 Å². The number of benzene rings is 2. The number of hydrogen-bond acceptors (Lipinski definition) is 3. The van der Waals surface area contributed by atoms with Gasteiger partial charge in [-0.15, -0.1) is 0 Å². The van der Waals surface area contributed by atoms with E-state index in [4.69, 9.17) is 4.74 Å². The van der Waals surface area contributed by atoms with Crippen molar-refractivity contribution in [3.63, 3.8) is 0 Å². The van der Waals surface area contributed by atoms with Crippen LogP contribution in [0.4, 0.5) is 4.39 Å². The van der Waals surface area contributed by atoms with Crippen molar-refractivity contribution >= 4 is 49.8 Å². The number of ether oxygens (including phenoxy) is 1. The highest BCUT2D eigenvalue weighted by Gasteiger charge is 2.10. The van der Waals surface area contributed by atoms with Gasteiger partial charge in [0.15, 0.2) is 6.61 Å². The Bertz CT molecular complexity index is 816. The van der Waals surface area contributed by atoms with Gasteiger partial charge in [-0.05, 0) is 64.3 Å². The van der Waals surface area contributed by atoms with Crippen molar-refractivity contribution in [1.82, 2.24) is 10.9 Å². The smallest absolute Gasteiger partial charge is 0.276 e. The number of halogens is 3. The second kappa shape index (κ2) is 9.49. The molecular formula is C18H15Br2FN2O3. The molecule has 0 aromatic heterocycles. The number of amides is 2. The quantitative estimate of drug-likeness (QED) is 0.498. The Morgan fingerprint density at radius 1 is 1.15 bits per heavy atom. The summed E-state index contributed by atoms with van der Waals surface area (Å²) in [5.41, 5.74) is 6.00. The minimum Gasteiger partial charge on any atom is -0.482 e. The first-order valence-electron chi connectivity index (χ1n) is 7.46. The number of hydrazine groups is 1. The largest absolute Gasteiger partial charge is 0.482 e. The lowest BCUT2D eigenvalue weighted by molar-refractivity contribution is -0.128. The Morgan fingerprint density at radius 2 is 1.85 bits per heavy atom. The average molecular weight is 486 g/mol. The van der Waals surface area contributed by atoms with Crippen LogP contribution in [0.3, 0.4) is 0 Å². The van der Waals surface area contributed by atoms with E-state index in [0.29, 0.717) is 15.8 Å². The van der Waals surface area contributed by atoms with Crippen molar-refractivity contribution < 1.29 is 18.7 Å². The van der Waals surface area contributed by atoms with Crippen LogP contribution in [0.25, 0.3) is 6.08 Å². The van der Waals surface area contributed by atoms with Gasteiger partial charge in [0.1, 0.15) is 11.6 Å². The monoisotopic (exact) mass is 484 g/mol. The second-order valence-electron chi connectivity index (χ2n) is 5.24. The molecular weight excluding hydrogens is 471 g/mol. The third-order valence-corrected chi connectivity index (χ3v) is 4.21. The molecule has 0 fully saturated rings. The minimum atomic E-state index is -0.524. The van der Waals surface area contributed by atoms with Gasteiger partial charge in [0.05, 0.1) is 4.47 Å². The zero-order valence-corrected chi connectivity index (χ0v) is 16.9. The predicted molar refractivity (Wildman–Crippen MR) is 104 cm³/mol. The molecule has 0 bridgehead atoms. The van der Waals surface area contributed by atoms with Crippen molar-refractivity contribution in [3.8, 4) is 5.75 Å².